The van der Waals surface area contributed by atoms with E-state index < -0.39 is 10.8 Å². The Hall–Kier alpha value is -0.211. The molecule has 13 heteroatoms. The van der Waals surface area contributed by atoms with Crippen molar-refractivity contribution in [2.75, 3.05) is 0 Å². The molecule has 2 unspecified atom stereocenters. The fourth-order valence-electron chi connectivity index (χ4n) is 5.62. The normalized spacial score (nSPS) is 32.2. The van der Waals surface area contributed by atoms with Crippen LogP contribution < -0.4 is 33.0 Å². The highest BCUT2D eigenvalue weighted by Gasteiger charge is 2.73. The zero-order valence-corrected chi connectivity index (χ0v) is 17.9. The third kappa shape index (κ3) is 1.87. The second-order valence-electron chi connectivity index (χ2n) is 9.77. The molecule has 118 valence electrons. The van der Waals surface area contributed by atoms with Crippen LogP contribution in [0.4, 0.5) is 0 Å². The fourth-order valence-corrected chi connectivity index (χ4v) is 6.34. The number of ketones is 1. The van der Waals surface area contributed by atoms with Gasteiger partial charge in [-0.2, -0.15) is 11.5 Å². The van der Waals surface area contributed by atoms with E-state index in [9.17, 15) is 4.79 Å². The van der Waals surface area contributed by atoms with Gasteiger partial charge in [-0.15, -0.1) is 10.9 Å². The molecule has 0 spiro atoms. The summed E-state index contributed by atoms with van der Waals surface area (Å²) >= 11 is 7.19. The van der Waals surface area contributed by atoms with Gasteiger partial charge in [0, 0.05) is 0 Å². The molecular formula is C12H22B10ClNO. The molecule has 1 aromatic carbocycles. The summed E-state index contributed by atoms with van der Waals surface area (Å²) in [7, 11) is 19.5. The monoisotopic (exact) mass is 341 g/mol. The second-order valence-corrected chi connectivity index (χ2v) is 10.2. The van der Waals surface area contributed by atoms with Crippen LogP contribution in [0.1, 0.15) is 12.0 Å². The highest BCUT2D eigenvalue weighted by molar-refractivity contribution is 7.21. The van der Waals surface area contributed by atoms with E-state index in [1.54, 1.807) is 0 Å². The molecule has 1 heterocycles. The van der Waals surface area contributed by atoms with Gasteiger partial charge < -0.3 is 5.73 Å². The number of carbonyl (C=O) groups excluding carboxylic acids is 1. The number of rotatable bonds is 0. The van der Waals surface area contributed by atoms with Crippen molar-refractivity contribution in [1.29, 1.82) is 0 Å². The molecule has 0 bridgehead atoms. The molecule has 3 rings (SSSR count). The summed E-state index contributed by atoms with van der Waals surface area (Å²) in [5.74, 6) is 0.134. The quantitative estimate of drug-likeness (QED) is 0.477. The smallest absolute Gasteiger partial charge is 0.282 e. The molecule has 2 N–H and O–H groups in total. The van der Waals surface area contributed by atoms with Crippen molar-refractivity contribution < 1.29 is 4.79 Å². The average Bonchev–Trinajstić information content (AvgIpc) is 2.70. The Kier molecular flexibility index (Phi) is 4.06. The SMILES string of the molecule is Bc1c(B)c(B)c2c(c1B)B(Cl)C1(B)C2(N)C(=O)CC(B)(B)C1(B)B. The molecule has 1 fully saturated rings. The van der Waals surface area contributed by atoms with E-state index in [1.807, 2.05) is 0 Å². The first kappa shape index (κ1) is 19.5. The van der Waals surface area contributed by atoms with E-state index in [1.165, 1.54) is 16.4 Å². The number of nitrogens with two attached hydrogens (primary N) is 1. The number of halogens is 1. The number of hydrogen-bond donors (Lipinski definition) is 1. The van der Waals surface area contributed by atoms with E-state index >= 15 is 0 Å². The van der Waals surface area contributed by atoms with Crippen LogP contribution in [0.15, 0.2) is 0 Å². The molecule has 2 aliphatic rings. The Labute approximate surface area is 165 Å². The van der Waals surface area contributed by atoms with Crippen LogP contribution >= 0.6 is 11.5 Å². The van der Waals surface area contributed by atoms with Crippen molar-refractivity contribution in [2.45, 2.75) is 27.6 Å². The minimum Gasteiger partial charge on any atom is -0.316 e. The number of fused-ring (bicyclic) bond motifs is 3. The molecule has 25 heavy (non-hydrogen) atoms. The first-order chi connectivity index (χ1) is 11.2. The van der Waals surface area contributed by atoms with Crippen LogP contribution in [-0.2, 0) is 10.3 Å². The molecule has 1 saturated carbocycles. The first-order valence-corrected chi connectivity index (χ1v) is 9.68. The van der Waals surface area contributed by atoms with E-state index in [2.05, 4.69) is 70.6 Å². The lowest BCUT2D eigenvalue weighted by Crippen LogP contribution is -2.68. The molecule has 1 aliphatic carbocycles. The van der Waals surface area contributed by atoms with Gasteiger partial charge in [-0.05, 0) is 17.2 Å². The lowest BCUT2D eigenvalue weighted by Gasteiger charge is -2.64. The maximum absolute atomic E-state index is 13.5. The van der Waals surface area contributed by atoms with Gasteiger partial charge in [-0.1, -0.05) is 26.8 Å². The first-order valence-electron chi connectivity index (χ1n) is 9.25. The van der Waals surface area contributed by atoms with Crippen molar-refractivity contribution in [2.24, 2.45) is 5.73 Å². The Morgan fingerprint density at radius 1 is 0.920 bits per heavy atom. The third-order valence-electron chi connectivity index (χ3n) is 8.74. The molecule has 1 aliphatic heterocycles. The minimum absolute atomic E-state index is 0.134. The third-order valence-corrected chi connectivity index (χ3v) is 9.40. The van der Waals surface area contributed by atoms with Gasteiger partial charge in [0.1, 0.15) is 39.2 Å². The lowest BCUT2D eigenvalue weighted by atomic mass is 9.10. The van der Waals surface area contributed by atoms with Crippen LogP contribution in [0, 0.1) is 0 Å². The van der Waals surface area contributed by atoms with E-state index in [-0.39, 0.29) is 22.3 Å². The highest BCUT2D eigenvalue weighted by Crippen LogP contribution is 2.72. The van der Waals surface area contributed by atoms with Crippen molar-refractivity contribution >= 4 is 121 Å². The number of carbonyl (C=O) groups is 1. The van der Waals surface area contributed by atoms with Crippen LogP contribution in [0.25, 0.3) is 0 Å². The maximum Gasteiger partial charge on any atom is 0.282 e. The van der Waals surface area contributed by atoms with Crippen molar-refractivity contribution in [3.63, 3.8) is 0 Å². The van der Waals surface area contributed by atoms with Gasteiger partial charge >= 0.3 is 0 Å². The molecular weight excluding hydrogens is 318 g/mol. The van der Waals surface area contributed by atoms with Gasteiger partial charge in [-0.25, -0.2) is 0 Å². The van der Waals surface area contributed by atoms with Crippen LogP contribution in [-0.4, -0.2) is 82.5 Å². The standard InChI is InChI=1S/C12H22B10ClNO/c13-4-3-8(7(16)6(15)5(4)14)22(23)12(21)10(3,24)2(25)1-9(17,18)11(12,19)20/h1,13-21,24H2. The number of Topliss-reactive ketones (excluding diaryl/α,β-unsaturated/α-hetero) is 1. The summed E-state index contributed by atoms with van der Waals surface area (Å²) in [6.07, 6.45) is 0.213. The predicted octanol–water partition coefficient (Wildman–Crippen LogP) is -10.6. The second kappa shape index (κ2) is 5.19. The molecule has 0 aromatic heterocycles. The van der Waals surface area contributed by atoms with Gasteiger partial charge in [0.15, 0.2) is 5.78 Å². The zero-order valence-electron chi connectivity index (χ0n) is 17.1. The van der Waals surface area contributed by atoms with E-state index in [0.29, 0.717) is 6.42 Å². The molecule has 0 saturated heterocycles. The van der Waals surface area contributed by atoms with E-state index in [0.717, 1.165) is 16.5 Å². The van der Waals surface area contributed by atoms with Crippen LogP contribution in [0.5, 0.6) is 0 Å². The van der Waals surface area contributed by atoms with Crippen molar-refractivity contribution in [3.05, 3.63) is 5.56 Å². The Balaban J connectivity index is 2.50. The number of benzene rings is 1. The highest BCUT2D eigenvalue weighted by atomic mass is 35.5. The van der Waals surface area contributed by atoms with Crippen molar-refractivity contribution in [1.82, 2.24) is 0 Å². The zero-order chi connectivity index (χ0) is 19.3. The Morgan fingerprint density at radius 2 is 1.40 bits per heavy atom. The topological polar surface area (TPSA) is 43.1 Å². The summed E-state index contributed by atoms with van der Waals surface area (Å²) in [6, 6.07) is 0. The summed E-state index contributed by atoms with van der Waals surface area (Å²) in [5.41, 5.74) is 13.0. The van der Waals surface area contributed by atoms with Gasteiger partial charge in [0.2, 0.25) is 0 Å². The van der Waals surface area contributed by atoms with E-state index in [4.69, 9.17) is 17.2 Å². The van der Waals surface area contributed by atoms with Gasteiger partial charge in [0.05, 0.1) is 36.9 Å². The summed E-state index contributed by atoms with van der Waals surface area (Å²) in [5, 5.41) is -0.907. The van der Waals surface area contributed by atoms with Crippen LogP contribution in [0.3, 0.4) is 0 Å². The predicted molar refractivity (Wildman–Crippen MR) is 137 cm³/mol. The maximum atomic E-state index is 13.5. The molecule has 0 amide bonds. The van der Waals surface area contributed by atoms with Crippen molar-refractivity contribution in [3.8, 4) is 0 Å². The van der Waals surface area contributed by atoms with Crippen LogP contribution in [0.2, 0.25) is 15.6 Å². The summed E-state index contributed by atoms with van der Waals surface area (Å²) < 4.78 is 0. The molecule has 2 atom stereocenters. The molecule has 1 aromatic rings. The summed E-state index contributed by atoms with van der Waals surface area (Å²) in [6.45, 7) is 0. The Bertz CT molecular complexity index is 829. The lowest BCUT2D eigenvalue weighted by molar-refractivity contribution is -0.127. The Morgan fingerprint density at radius 3 is 1.92 bits per heavy atom. The van der Waals surface area contributed by atoms with Gasteiger partial charge in [0.25, 0.3) is 6.13 Å². The average molecular weight is 340 g/mol. The minimum atomic E-state index is -1.03. The molecule has 0 radical (unpaired) electrons. The largest absolute Gasteiger partial charge is 0.316 e. The summed E-state index contributed by atoms with van der Waals surface area (Å²) in [4.78, 5) is 13.5. The van der Waals surface area contributed by atoms with Gasteiger partial charge in [-0.3, -0.25) is 4.79 Å². The number of hydrogen-bond acceptors (Lipinski definition) is 2. The fraction of sp³-hybridized carbons (Fsp3) is 0.417. The molecule has 2 nitrogen and oxygen atoms in total.